The SMILES string of the molecule is CC[C@H](NC(=O)OCc1ccccc1)C(=O)N1CSC[C@H]1C(=O)O. The Morgan fingerprint density at radius 3 is 2.71 bits per heavy atom. The monoisotopic (exact) mass is 352 g/mol. The topological polar surface area (TPSA) is 95.9 Å². The van der Waals surface area contributed by atoms with Crippen molar-refractivity contribution in [1.82, 2.24) is 10.2 Å². The third-order valence-corrected chi connectivity index (χ3v) is 4.67. The summed E-state index contributed by atoms with van der Waals surface area (Å²) in [6, 6.07) is 7.55. The quantitative estimate of drug-likeness (QED) is 0.809. The van der Waals surface area contributed by atoms with E-state index in [1.54, 1.807) is 6.92 Å². The molecule has 1 fully saturated rings. The molecular formula is C16H20N2O5S. The minimum atomic E-state index is -1.03. The Morgan fingerprint density at radius 1 is 1.38 bits per heavy atom. The van der Waals surface area contributed by atoms with Crippen molar-refractivity contribution in [2.45, 2.75) is 32.0 Å². The van der Waals surface area contributed by atoms with Crippen LogP contribution in [0.25, 0.3) is 0 Å². The molecule has 0 saturated carbocycles. The Bertz CT molecular complexity index is 595. The number of nitrogens with zero attached hydrogens (tertiary/aromatic N) is 1. The Hall–Kier alpha value is -2.22. The van der Waals surface area contributed by atoms with E-state index in [1.165, 1.54) is 16.7 Å². The number of amides is 2. The average Bonchev–Trinajstić information content (AvgIpc) is 3.08. The summed E-state index contributed by atoms with van der Waals surface area (Å²) in [7, 11) is 0. The van der Waals surface area contributed by atoms with Crippen molar-refractivity contribution in [1.29, 1.82) is 0 Å². The van der Waals surface area contributed by atoms with E-state index in [1.807, 2.05) is 30.3 Å². The van der Waals surface area contributed by atoms with Gasteiger partial charge in [-0.3, -0.25) is 4.79 Å². The number of aliphatic carboxylic acids is 1. The van der Waals surface area contributed by atoms with Crippen molar-refractivity contribution in [3.63, 3.8) is 0 Å². The van der Waals surface area contributed by atoms with Gasteiger partial charge < -0.3 is 20.1 Å². The molecule has 0 unspecified atom stereocenters. The lowest BCUT2D eigenvalue weighted by atomic mass is 10.1. The number of nitrogens with one attached hydrogen (secondary N) is 1. The molecule has 130 valence electrons. The summed E-state index contributed by atoms with van der Waals surface area (Å²) in [6.07, 6.45) is -0.343. The van der Waals surface area contributed by atoms with E-state index in [2.05, 4.69) is 5.32 Å². The molecule has 0 aliphatic carbocycles. The molecule has 0 bridgehead atoms. The molecule has 7 nitrogen and oxygen atoms in total. The van der Waals surface area contributed by atoms with E-state index in [0.717, 1.165) is 5.56 Å². The molecule has 2 rings (SSSR count). The molecule has 1 aromatic rings. The highest BCUT2D eigenvalue weighted by molar-refractivity contribution is 7.99. The molecule has 0 radical (unpaired) electrons. The van der Waals surface area contributed by atoms with Crippen LogP contribution in [0.3, 0.4) is 0 Å². The zero-order chi connectivity index (χ0) is 17.5. The summed E-state index contributed by atoms with van der Waals surface area (Å²) in [5.74, 6) is -0.760. The lowest BCUT2D eigenvalue weighted by Gasteiger charge is -2.25. The van der Waals surface area contributed by atoms with Gasteiger partial charge in [0.05, 0.1) is 5.88 Å². The second kappa shape index (κ2) is 8.58. The lowest BCUT2D eigenvalue weighted by Crippen LogP contribution is -2.52. The first kappa shape index (κ1) is 18.1. The van der Waals surface area contributed by atoms with Gasteiger partial charge in [-0.2, -0.15) is 0 Å². The summed E-state index contributed by atoms with van der Waals surface area (Å²) in [5, 5.41) is 11.7. The van der Waals surface area contributed by atoms with E-state index in [-0.39, 0.29) is 6.61 Å². The summed E-state index contributed by atoms with van der Waals surface area (Å²) in [4.78, 5) is 36.9. The van der Waals surface area contributed by atoms with Crippen LogP contribution in [0.15, 0.2) is 30.3 Å². The maximum atomic E-state index is 12.5. The van der Waals surface area contributed by atoms with Crippen LogP contribution in [0.2, 0.25) is 0 Å². The van der Waals surface area contributed by atoms with Crippen molar-refractivity contribution in [3.8, 4) is 0 Å². The van der Waals surface area contributed by atoms with Crippen molar-refractivity contribution in [2.75, 3.05) is 11.6 Å². The van der Waals surface area contributed by atoms with Gasteiger partial charge in [0.25, 0.3) is 0 Å². The molecule has 2 atom stereocenters. The number of hydrogen-bond acceptors (Lipinski definition) is 5. The Balaban J connectivity index is 1.89. The molecule has 0 aromatic heterocycles. The molecule has 1 saturated heterocycles. The fourth-order valence-corrected chi connectivity index (χ4v) is 3.47. The standard InChI is InChI=1S/C16H20N2O5S/c1-2-12(14(19)18-10-24-9-13(18)15(20)21)17-16(22)23-8-11-6-4-3-5-7-11/h3-7,12-13H,2,8-10H2,1H3,(H,17,22)(H,20,21)/t12-,13-/m0/s1. The molecule has 0 spiro atoms. The van der Waals surface area contributed by atoms with E-state index in [4.69, 9.17) is 9.84 Å². The zero-order valence-corrected chi connectivity index (χ0v) is 14.1. The largest absolute Gasteiger partial charge is 0.480 e. The summed E-state index contributed by atoms with van der Waals surface area (Å²) in [5.41, 5.74) is 0.842. The van der Waals surface area contributed by atoms with Gasteiger partial charge in [0.15, 0.2) is 0 Å². The van der Waals surface area contributed by atoms with Crippen LogP contribution in [0.4, 0.5) is 4.79 Å². The molecule has 2 N–H and O–H groups in total. The van der Waals surface area contributed by atoms with Crippen LogP contribution in [-0.2, 0) is 20.9 Å². The predicted molar refractivity (Wildman–Crippen MR) is 89.4 cm³/mol. The number of carboxylic acid groups (broad SMARTS) is 1. The van der Waals surface area contributed by atoms with Crippen molar-refractivity contribution in [2.24, 2.45) is 0 Å². The third kappa shape index (κ3) is 4.64. The first-order valence-corrected chi connectivity index (χ1v) is 8.76. The number of hydrogen-bond donors (Lipinski definition) is 2. The van der Waals surface area contributed by atoms with Crippen LogP contribution in [0.5, 0.6) is 0 Å². The maximum absolute atomic E-state index is 12.5. The van der Waals surface area contributed by atoms with E-state index in [9.17, 15) is 14.4 Å². The third-order valence-electron chi connectivity index (χ3n) is 3.66. The molecule has 8 heteroatoms. The highest BCUT2D eigenvalue weighted by Gasteiger charge is 2.37. The second-order valence-corrected chi connectivity index (χ2v) is 6.33. The minimum Gasteiger partial charge on any atom is -0.480 e. The lowest BCUT2D eigenvalue weighted by molar-refractivity contribution is -0.148. The molecule has 2 amide bonds. The number of carbonyl (C=O) groups is 3. The van der Waals surface area contributed by atoms with Crippen molar-refractivity contribution in [3.05, 3.63) is 35.9 Å². The first-order chi connectivity index (χ1) is 11.5. The van der Waals surface area contributed by atoms with Gasteiger partial charge in [0, 0.05) is 5.75 Å². The minimum absolute atomic E-state index is 0.106. The second-order valence-electron chi connectivity index (χ2n) is 5.33. The number of thioether (sulfide) groups is 1. The van der Waals surface area contributed by atoms with E-state index < -0.39 is 30.1 Å². The highest BCUT2D eigenvalue weighted by atomic mass is 32.2. The molecular weight excluding hydrogens is 332 g/mol. The number of carbonyl (C=O) groups excluding carboxylic acids is 2. The van der Waals surface area contributed by atoms with Crippen LogP contribution in [-0.4, -0.2) is 51.7 Å². The summed E-state index contributed by atoms with van der Waals surface area (Å²) >= 11 is 1.38. The van der Waals surface area contributed by atoms with Gasteiger partial charge in [-0.1, -0.05) is 37.3 Å². The Kier molecular flexibility index (Phi) is 6.48. The number of alkyl carbamates (subject to hydrolysis) is 1. The smallest absolute Gasteiger partial charge is 0.408 e. The van der Waals surface area contributed by atoms with Gasteiger partial charge in [-0.05, 0) is 12.0 Å². The number of rotatable bonds is 6. The van der Waals surface area contributed by atoms with Crippen LogP contribution in [0, 0.1) is 0 Å². The van der Waals surface area contributed by atoms with Gasteiger partial charge in [0.1, 0.15) is 18.7 Å². The van der Waals surface area contributed by atoms with Gasteiger partial charge >= 0.3 is 12.1 Å². The van der Waals surface area contributed by atoms with Gasteiger partial charge in [0.2, 0.25) is 5.91 Å². The van der Waals surface area contributed by atoms with Crippen molar-refractivity contribution >= 4 is 29.7 Å². The fourth-order valence-electron chi connectivity index (χ4n) is 2.31. The van der Waals surface area contributed by atoms with Gasteiger partial charge in [-0.25, -0.2) is 9.59 Å². The summed E-state index contributed by atoms with van der Waals surface area (Å²) < 4.78 is 5.11. The summed E-state index contributed by atoms with van der Waals surface area (Å²) in [6.45, 7) is 1.85. The molecule has 1 aliphatic heterocycles. The zero-order valence-electron chi connectivity index (χ0n) is 13.3. The van der Waals surface area contributed by atoms with Crippen LogP contribution >= 0.6 is 11.8 Å². The molecule has 1 aromatic carbocycles. The average molecular weight is 352 g/mol. The number of ether oxygens (including phenoxy) is 1. The number of carboxylic acids is 1. The molecule has 1 aliphatic rings. The van der Waals surface area contributed by atoms with E-state index in [0.29, 0.717) is 18.1 Å². The number of benzene rings is 1. The molecule has 24 heavy (non-hydrogen) atoms. The van der Waals surface area contributed by atoms with Crippen LogP contribution < -0.4 is 5.32 Å². The van der Waals surface area contributed by atoms with Crippen LogP contribution in [0.1, 0.15) is 18.9 Å². The Labute approximate surface area is 144 Å². The predicted octanol–water partition coefficient (Wildman–Crippen LogP) is 1.68. The molecule has 1 heterocycles. The van der Waals surface area contributed by atoms with Gasteiger partial charge in [-0.15, -0.1) is 11.8 Å². The normalized spacial score (nSPS) is 18.0. The Morgan fingerprint density at radius 2 is 2.08 bits per heavy atom. The maximum Gasteiger partial charge on any atom is 0.408 e. The highest BCUT2D eigenvalue weighted by Crippen LogP contribution is 2.22. The fraction of sp³-hybridized carbons (Fsp3) is 0.438. The first-order valence-electron chi connectivity index (χ1n) is 7.61. The van der Waals surface area contributed by atoms with Crippen molar-refractivity contribution < 1.29 is 24.2 Å². The van der Waals surface area contributed by atoms with E-state index >= 15 is 0 Å².